The van der Waals surface area contributed by atoms with Crippen LogP contribution in [0, 0.1) is 23.7 Å². The van der Waals surface area contributed by atoms with Crippen LogP contribution in [-0.4, -0.2) is 281 Å². The lowest BCUT2D eigenvalue weighted by molar-refractivity contribution is -0.152. The first-order valence-electron chi connectivity index (χ1n) is 38.5. The molecule has 2 saturated heterocycles. The monoisotopic (exact) mass is 1510 g/mol. The normalized spacial score (nSPS) is 24.9. The number of hydrogen-bond donors (Lipinski definition) is 6. The van der Waals surface area contributed by atoms with Crippen molar-refractivity contribution in [1.82, 2.24) is 65.8 Å². The van der Waals surface area contributed by atoms with Gasteiger partial charge in [0, 0.05) is 74.0 Å². The lowest BCUT2D eigenvalue weighted by Crippen LogP contribution is -2.63. The second-order valence-corrected chi connectivity index (χ2v) is 32.4. The summed E-state index contributed by atoms with van der Waals surface area (Å²) in [7, 11) is 8.45. The summed E-state index contributed by atoms with van der Waals surface area (Å²) in [5.41, 5.74) is -0.887. The Labute approximate surface area is 641 Å². The third-order valence-electron chi connectivity index (χ3n) is 20.2. The molecular formula is C80H129N13O15. The van der Waals surface area contributed by atoms with Gasteiger partial charge in [0.05, 0.1) is 31.7 Å². The predicted molar refractivity (Wildman–Crippen MR) is 413 cm³/mol. The largest absolute Gasteiger partial charge is 0.391 e. The average molecular weight is 1510 g/mol. The third kappa shape index (κ3) is 27.3. The third-order valence-corrected chi connectivity index (χ3v) is 20.2. The Morgan fingerprint density at radius 1 is 0.611 bits per heavy atom. The Morgan fingerprint density at radius 2 is 1.11 bits per heavy atom. The zero-order valence-electron chi connectivity index (χ0n) is 68.1. The SMILES string of the molecule is CCCN1CC(=O)N(C)[C@@H](C)C(=O)N[C@H](C(=O)N2CCCCC2)CC(=O)N(C)[C@@](C=O)(CC(C)C)CN[C@@H](Cc2ccccc2)C(=O)N(C)[C@@H](CC(C)C)C(=O)N(C)[C@@H](CC(C)C)C(=O)N[C@@H](COCC(=O)NC(C)(C)C)C(=O)N(C)[C@@H](CCc2ccccc2)C(=O)N(C)[C@@H](CC(C)C)C(=O)N[C@@H]([C@@H](C)O)C1=O. The summed E-state index contributed by atoms with van der Waals surface area (Å²) >= 11 is 0. The molecule has 0 aromatic heterocycles. The van der Waals surface area contributed by atoms with Crippen LogP contribution in [0.25, 0.3) is 0 Å². The number of aliphatic hydroxyl groups is 1. The van der Waals surface area contributed by atoms with Crippen LogP contribution >= 0.6 is 0 Å². The van der Waals surface area contributed by atoms with E-state index in [1.165, 1.54) is 75.7 Å². The molecule has 12 amide bonds. The number of amides is 12. The molecular weight excluding hydrogens is 1380 g/mol. The van der Waals surface area contributed by atoms with Crippen molar-refractivity contribution in [3.05, 3.63) is 71.8 Å². The Bertz CT molecular complexity index is 3330. The molecule has 0 aliphatic carbocycles. The molecule has 0 radical (unpaired) electrons. The molecule has 604 valence electrons. The van der Waals surface area contributed by atoms with Crippen LogP contribution < -0.4 is 26.6 Å². The summed E-state index contributed by atoms with van der Waals surface area (Å²) in [6.07, 6.45) is 1.31. The topological polar surface area (TPSA) is 337 Å². The van der Waals surface area contributed by atoms with Gasteiger partial charge in [-0.3, -0.25) is 57.5 Å². The molecule has 2 fully saturated rings. The van der Waals surface area contributed by atoms with Crippen molar-refractivity contribution in [3.63, 3.8) is 0 Å². The molecule has 0 saturated carbocycles. The second kappa shape index (κ2) is 43.1. The van der Waals surface area contributed by atoms with Gasteiger partial charge < -0.3 is 80.4 Å². The van der Waals surface area contributed by atoms with E-state index in [1.807, 2.05) is 104 Å². The number of nitrogens with zero attached hydrogens (tertiary/aromatic N) is 8. The lowest BCUT2D eigenvalue weighted by atomic mass is 9.87. The molecule has 2 aliphatic heterocycles. The van der Waals surface area contributed by atoms with Crippen LogP contribution in [0.2, 0.25) is 0 Å². The van der Waals surface area contributed by atoms with Crippen LogP contribution in [0.3, 0.4) is 0 Å². The predicted octanol–water partition coefficient (Wildman–Crippen LogP) is 3.98. The number of rotatable bonds is 22. The maximum absolute atomic E-state index is 15.7. The Kier molecular flexibility index (Phi) is 36.8. The number of likely N-dealkylation sites (N-methyl/N-ethyl adjacent to an activating group) is 6. The van der Waals surface area contributed by atoms with Gasteiger partial charge in [0.25, 0.3) is 0 Å². The van der Waals surface area contributed by atoms with E-state index in [4.69, 9.17) is 4.74 Å². The van der Waals surface area contributed by atoms with Gasteiger partial charge >= 0.3 is 0 Å². The van der Waals surface area contributed by atoms with Crippen LogP contribution in [0.4, 0.5) is 0 Å². The van der Waals surface area contributed by atoms with Gasteiger partial charge in [-0.25, -0.2) is 0 Å². The molecule has 28 nitrogen and oxygen atoms in total. The summed E-state index contributed by atoms with van der Waals surface area (Å²) in [4.78, 5) is 204. The van der Waals surface area contributed by atoms with Crippen LogP contribution in [0.1, 0.15) is 172 Å². The molecule has 2 heterocycles. The summed E-state index contributed by atoms with van der Waals surface area (Å²) in [5, 5.41) is 25.9. The number of carbonyl (C=O) groups excluding carboxylic acids is 13. The van der Waals surface area contributed by atoms with Crippen LogP contribution in [0.5, 0.6) is 0 Å². The highest BCUT2D eigenvalue weighted by Gasteiger charge is 2.46. The minimum absolute atomic E-state index is 0.00648. The number of aryl methyl sites for hydroxylation is 1. The van der Waals surface area contributed by atoms with E-state index in [0.29, 0.717) is 44.2 Å². The highest BCUT2D eigenvalue weighted by Crippen LogP contribution is 2.27. The average Bonchev–Trinajstić information content (AvgIpc) is 0.811. The standard InChI is InChI=1S/C80H129N13O15/c1-21-37-93-46-68(98)86(15)55(10)70(99)82-60(75(104)92-38-29-24-30-39-92)44-67(97)91(20)80(50-94,45-54(8)9)49-81-59(43-58-33-27-23-28-34-58)73(102)90(19)65(42-53(6)7)77(106)89(18)63(40-51(2)3)71(100)83-61(47-108-48-66(96)85-79(12,13)14)74(103)87(16)62(36-35-57-31-25-22-26-32-57)76(105)88(17)64(41-52(4)5)72(101)84-69(56(11)95)78(93)107/h22-23,25-28,31-34,50-56,59-65,69,81,95H,21,24,29-30,35-49H2,1-20H3,(H,82,99)(H,83,100)(H,84,101)(H,85,96)/t55-,56+,59-,60-,61-,62-,63-,64-,65-,69-,80-/m0/s1. The molecule has 2 aromatic carbocycles. The van der Waals surface area contributed by atoms with Gasteiger partial charge in [-0.05, 0) is 140 Å². The number of likely N-dealkylation sites (tertiary alicyclic amines) is 1. The minimum Gasteiger partial charge on any atom is -0.391 e. The molecule has 2 aliphatic rings. The van der Waals surface area contributed by atoms with Crippen molar-refractivity contribution in [2.24, 2.45) is 23.7 Å². The first kappa shape index (κ1) is 92.0. The maximum atomic E-state index is 15.7. The zero-order valence-corrected chi connectivity index (χ0v) is 68.1. The van der Waals surface area contributed by atoms with E-state index < -0.39 is 169 Å². The first-order valence-corrected chi connectivity index (χ1v) is 38.5. The van der Waals surface area contributed by atoms with Gasteiger partial charge in [-0.2, -0.15) is 0 Å². The minimum atomic E-state index is -1.70. The molecule has 4 rings (SSSR count). The summed E-state index contributed by atoms with van der Waals surface area (Å²) in [5.74, 6) is -9.73. The first-order chi connectivity index (χ1) is 50.6. The number of piperidine rings is 1. The van der Waals surface area contributed by atoms with E-state index in [2.05, 4.69) is 26.6 Å². The van der Waals surface area contributed by atoms with Crippen molar-refractivity contribution in [2.75, 3.05) is 88.2 Å². The van der Waals surface area contributed by atoms with E-state index in [1.54, 1.807) is 44.7 Å². The Balaban J connectivity index is 2.05. The molecule has 6 N–H and O–H groups in total. The molecule has 108 heavy (non-hydrogen) atoms. The zero-order chi connectivity index (χ0) is 81.2. The van der Waals surface area contributed by atoms with Crippen LogP contribution in [-0.2, 0) is 79.9 Å². The highest BCUT2D eigenvalue weighted by molar-refractivity contribution is 5.99. The number of carbonyl (C=O) groups is 13. The molecule has 11 atom stereocenters. The van der Waals surface area contributed by atoms with Gasteiger partial charge in [-0.15, -0.1) is 0 Å². The quantitative estimate of drug-likeness (QED) is 0.0908. The van der Waals surface area contributed by atoms with E-state index in [-0.39, 0.29) is 81.7 Å². The number of ether oxygens (including phenoxy) is 1. The number of nitrogens with one attached hydrogen (secondary N) is 5. The van der Waals surface area contributed by atoms with Crippen molar-refractivity contribution >= 4 is 77.2 Å². The van der Waals surface area contributed by atoms with E-state index >= 15 is 33.6 Å². The van der Waals surface area contributed by atoms with Crippen molar-refractivity contribution < 1.29 is 72.2 Å². The fraction of sp³-hybridized carbons (Fsp3) is 0.688. The number of aldehydes is 1. The summed E-state index contributed by atoms with van der Waals surface area (Å²) in [6.45, 7) is 23.1. The number of aliphatic hydroxyl groups excluding tert-OH is 1. The molecule has 0 bridgehead atoms. The van der Waals surface area contributed by atoms with E-state index in [0.717, 1.165) is 26.7 Å². The molecule has 0 spiro atoms. The van der Waals surface area contributed by atoms with Crippen LogP contribution in [0.15, 0.2) is 60.7 Å². The molecule has 28 heteroatoms. The fourth-order valence-corrected chi connectivity index (χ4v) is 13.8. The molecule has 0 unspecified atom stereocenters. The van der Waals surface area contributed by atoms with Gasteiger partial charge in [-0.1, -0.05) is 123 Å². The Hall–Kier alpha value is -8.37. The second-order valence-electron chi connectivity index (χ2n) is 32.4. The fourth-order valence-electron chi connectivity index (χ4n) is 13.8. The van der Waals surface area contributed by atoms with Crippen molar-refractivity contribution in [1.29, 1.82) is 0 Å². The van der Waals surface area contributed by atoms with E-state index in [9.17, 15) is 33.9 Å². The maximum Gasteiger partial charge on any atom is 0.248 e. The summed E-state index contributed by atoms with van der Waals surface area (Å²) < 4.78 is 5.98. The van der Waals surface area contributed by atoms with Crippen molar-refractivity contribution in [3.8, 4) is 0 Å². The van der Waals surface area contributed by atoms with Gasteiger partial charge in [0.1, 0.15) is 66.8 Å². The van der Waals surface area contributed by atoms with Gasteiger partial charge in [0.15, 0.2) is 0 Å². The van der Waals surface area contributed by atoms with Gasteiger partial charge in [0.2, 0.25) is 70.9 Å². The smallest absolute Gasteiger partial charge is 0.248 e. The Morgan fingerprint density at radius 3 is 1.62 bits per heavy atom. The molecule has 2 aromatic rings. The number of hydrogen-bond acceptors (Lipinski definition) is 16. The summed E-state index contributed by atoms with van der Waals surface area (Å²) in [6, 6.07) is 5.58. The number of benzene rings is 2. The highest BCUT2D eigenvalue weighted by atomic mass is 16.5. The lowest BCUT2D eigenvalue weighted by Gasteiger charge is -2.41. The van der Waals surface area contributed by atoms with Crippen molar-refractivity contribution in [2.45, 2.75) is 246 Å².